The van der Waals surface area contributed by atoms with E-state index in [1.807, 2.05) is 24.3 Å². The molecule has 2 aromatic rings. The smallest absolute Gasteiger partial charge is 0.269 e. The van der Waals surface area contributed by atoms with Gasteiger partial charge in [-0.2, -0.15) is 0 Å². The van der Waals surface area contributed by atoms with Gasteiger partial charge in [-0.05, 0) is 6.07 Å². The third kappa shape index (κ3) is 3.20. The van der Waals surface area contributed by atoms with Crippen LogP contribution in [0.5, 0.6) is 0 Å². The van der Waals surface area contributed by atoms with Crippen molar-refractivity contribution in [1.29, 1.82) is 0 Å². The fourth-order valence-corrected chi connectivity index (χ4v) is 3.90. The number of benzene rings is 2. The summed E-state index contributed by atoms with van der Waals surface area (Å²) in [7, 11) is 0. The fraction of sp³-hybridized carbons (Fsp3) is 0.158. The van der Waals surface area contributed by atoms with Crippen molar-refractivity contribution in [3.05, 3.63) is 82.4 Å². The van der Waals surface area contributed by atoms with E-state index in [2.05, 4.69) is 22.3 Å². The summed E-state index contributed by atoms with van der Waals surface area (Å²) in [6.45, 7) is 3.69. The first-order valence-corrected chi connectivity index (χ1v) is 9.58. The molecular weight excluding hydrogens is 378 g/mol. The first-order chi connectivity index (χ1) is 13.6. The zero-order chi connectivity index (χ0) is 19.7. The van der Waals surface area contributed by atoms with Gasteiger partial charge in [-0.15, -0.1) is 11.7 Å². The molecule has 0 fully saturated rings. The van der Waals surface area contributed by atoms with Gasteiger partial charge in [-0.3, -0.25) is 19.9 Å². The number of hydrazone groups is 1. The van der Waals surface area contributed by atoms with Crippen LogP contribution in [-0.2, 0) is 4.79 Å². The highest BCUT2D eigenvalue weighted by Gasteiger charge is 2.42. The van der Waals surface area contributed by atoms with Crippen molar-refractivity contribution in [2.24, 2.45) is 5.10 Å². The van der Waals surface area contributed by atoms with Crippen LogP contribution >= 0.6 is 11.8 Å². The number of carbonyl (C=O) groups is 1. The van der Waals surface area contributed by atoms with Gasteiger partial charge in [0, 0.05) is 34.7 Å². The molecule has 0 aliphatic carbocycles. The van der Waals surface area contributed by atoms with Crippen LogP contribution in [0.25, 0.3) is 0 Å². The van der Waals surface area contributed by atoms with E-state index >= 15 is 0 Å². The molecule has 142 valence electrons. The maximum Gasteiger partial charge on any atom is 0.269 e. The molecule has 2 N–H and O–H groups in total. The number of non-ortho nitro benzene ring substituents is 1. The molecule has 0 unspecified atom stereocenters. The number of hydrogen-bond acceptors (Lipinski definition) is 7. The Morgan fingerprint density at radius 3 is 2.89 bits per heavy atom. The van der Waals surface area contributed by atoms with Crippen LogP contribution in [0.15, 0.2) is 66.3 Å². The van der Waals surface area contributed by atoms with E-state index in [9.17, 15) is 14.9 Å². The number of nitrogens with one attached hydrogen (secondary N) is 2. The lowest BCUT2D eigenvalue weighted by Crippen LogP contribution is -2.50. The van der Waals surface area contributed by atoms with E-state index in [1.54, 1.807) is 23.2 Å². The highest BCUT2D eigenvalue weighted by Crippen LogP contribution is 2.42. The number of carbonyl (C=O) groups excluding carboxylic acids is 1. The molecule has 2 aliphatic rings. The molecule has 8 nitrogen and oxygen atoms in total. The first kappa shape index (κ1) is 18.1. The SMILES string of the molecule is C=CCSC1=NN2[C@H](c3cccc([N+](=O)[O-])c3)Nc3ccccc3[C@@H]2C(=O)N1. The van der Waals surface area contributed by atoms with Crippen LogP contribution in [0.2, 0.25) is 0 Å². The molecule has 9 heteroatoms. The summed E-state index contributed by atoms with van der Waals surface area (Å²) in [5, 5.41) is 24.2. The van der Waals surface area contributed by atoms with Gasteiger partial charge in [0.25, 0.3) is 11.6 Å². The van der Waals surface area contributed by atoms with Gasteiger partial charge < -0.3 is 10.6 Å². The number of thioether (sulfide) groups is 1. The Balaban J connectivity index is 1.81. The van der Waals surface area contributed by atoms with Gasteiger partial charge in [0.2, 0.25) is 0 Å². The summed E-state index contributed by atoms with van der Waals surface area (Å²) in [5.74, 6) is 0.411. The number of fused-ring (bicyclic) bond motifs is 3. The van der Waals surface area contributed by atoms with Gasteiger partial charge in [-0.1, -0.05) is 48.2 Å². The van der Waals surface area contributed by atoms with Crippen molar-refractivity contribution in [3.8, 4) is 0 Å². The molecule has 0 saturated heterocycles. The molecule has 28 heavy (non-hydrogen) atoms. The number of para-hydroxylation sites is 1. The minimum atomic E-state index is -0.630. The Bertz CT molecular complexity index is 993. The van der Waals surface area contributed by atoms with E-state index in [-0.39, 0.29) is 11.6 Å². The van der Waals surface area contributed by atoms with Crippen molar-refractivity contribution in [1.82, 2.24) is 10.3 Å². The lowest BCUT2D eigenvalue weighted by atomic mass is 9.97. The third-order valence-electron chi connectivity index (χ3n) is 4.50. The number of nitro benzene ring substituents is 1. The Labute approximate surface area is 165 Å². The number of anilines is 1. The summed E-state index contributed by atoms with van der Waals surface area (Å²) in [6.07, 6.45) is 1.21. The monoisotopic (exact) mass is 395 g/mol. The fourth-order valence-electron chi connectivity index (χ4n) is 3.30. The highest BCUT2D eigenvalue weighted by molar-refractivity contribution is 8.14. The molecule has 0 spiro atoms. The van der Waals surface area contributed by atoms with Crippen LogP contribution in [0, 0.1) is 10.1 Å². The summed E-state index contributed by atoms with van der Waals surface area (Å²) >= 11 is 1.37. The van der Waals surface area contributed by atoms with Crippen LogP contribution in [0.3, 0.4) is 0 Å². The molecular formula is C19H17N5O3S. The summed E-state index contributed by atoms with van der Waals surface area (Å²) in [6, 6.07) is 13.2. The van der Waals surface area contributed by atoms with E-state index in [0.29, 0.717) is 16.5 Å². The molecule has 1 amide bonds. The van der Waals surface area contributed by atoms with E-state index in [4.69, 9.17) is 0 Å². The molecule has 0 aromatic heterocycles. The van der Waals surface area contributed by atoms with Crippen molar-refractivity contribution in [2.75, 3.05) is 11.1 Å². The summed E-state index contributed by atoms with van der Waals surface area (Å²) in [5.41, 5.74) is 2.24. The lowest BCUT2D eigenvalue weighted by Gasteiger charge is -2.43. The van der Waals surface area contributed by atoms with Gasteiger partial charge in [0.05, 0.1) is 4.92 Å². The standard InChI is InChI=1S/C19H17N5O3S/c1-2-10-28-19-21-18(25)16-14-8-3-4-9-15(14)20-17(23(16)22-19)12-6-5-7-13(11-12)24(26)27/h2-9,11,16-17,20H,1,10H2,(H,21,22,25)/t16-,17-/m1/s1. The van der Waals surface area contributed by atoms with E-state index in [0.717, 1.165) is 11.3 Å². The first-order valence-electron chi connectivity index (χ1n) is 8.60. The second-order valence-corrected chi connectivity index (χ2v) is 7.27. The molecule has 2 atom stereocenters. The van der Waals surface area contributed by atoms with Gasteiger partial charge in [0.1, 0.15) is 6.17 Å². The van der Waals surface area contributed by atoms with Gasteiger partial charge >= 0.3 is 0 Å². The van der Waals surface area contributed by atoms with Crippen LogP contribution < -0.4 is 10.6 Å². The number of rotatable bonds is 4. The predicted molar refractivity (Wildman–Crippen MR) is 109 cm³/mol. The van der Waals surface area contributed by atoms with E-state index in [1.165, 1.54) is 23.9 Å². The topological polar surface area (TPSA) is 99.9 Å². The van der Waals surface area contributed by atoms with E-state index < -0.39 is 17.1 Å². The molecule has 4 rings (SSSR count). The molecule has 2 aliphatic heterocycles. The normalized spacial score (nSPS) is 20.2. The average molecular weight is 395 g/mol. The molecule has 0 saturated carbocycles. The Hall–Kier alpha value is -3.33. The zero-order valence-corrected chi connectivity index (χ0v) is 15.6. The zero-order valence-electron chi connectivity index (χ0n) is 14.7. The molecule has 0 bridgehead atoms. The number of amidine groups is 1. The number of amides is 1. The Morgan fingerprint density at radius 2 is 2.11 bits per heavy atom. The highest BCUT2D eigenvalue weighted by atomic mass is 32.2. The Kier molecular flexibility index (Phi) is 4.74. The predicted octanol–water partition coefficient (Wildman–Crippen LogP) is 3.38. The van der Waals surface area contributed by atoms with Gasteiger partial charge in [0.15, 0.2) is 11.2 Å². The lowest BCUT2D eigenvalue weighted by molar-refractivity contribution is -0.384. The van der Waals surface area contributed by atoms with Crippen LogP contribution in [0.4, 0.5) is 11.4 Å². The van der Waals surface area contributed by atoms with Crippen molar-refractivity contribution in [3.63, 3.8) is 0 Å². The van der Waals surface area contributed by atoms with Crippen molar-refractivity contribution >= 4 is 34.2 Å². The second kappa shape index (κ2) is 7.35. The minimum Gasteiger partial charge on any atom is -0.360 e. The second-order valence-electron chi connectivity index (χ2n) is 6.26. The van der Waals surface area contributed by atoms with Crippen LogP contribution in [0.1, 0.15) is 23.3 Å². The summed E-state index contributed by atoms with van der Waals surface area (Å²) in [4.78, 5) is 23.7. The molecule has 2 aromatic carbocycles. The number of nitro groups is 1. The minimum absolute atomic E-state index is 0.0126. The number of hydrogen-bond donors (Lipinski definition) is 2. The average Bonchev–Trinajstić information content (AvgIpc) is 2.71. The largest absolute Gasteiger partial charge is 0.360 e. The maximum absolute atomic E-state index is 12.9. The Morgan fingerprint density at radius 1 is 1.29 bits per heavy atom. The molecule has 0 radical (unpaired) electrons. The summed E-state index contributed by atoms with van der Waals surface area (Å²) < 4.78 is 0. The number of nitrogens with zero attached hydrogens (tertiary/aromatic N) is 3. The van der Waals surface area contributed by atoms with Crippen molar-refractivity contribution in [2.45, 2.75) is 12.2 Å². The van der Waals surface area contributed by atoms with Crippen LogP contribution in [-0.4, -0.2) is 26.8 Å². The third-order valence-corrected chi connectivity index (χ3v) is 5.36. The van der Waals surface area contributed by atoms with Gasteiger partial charge in [-0.25, -0.2) is 0 Å². The maximum atomic E-state index is 12.9. The van der Waals surface area contributed by atoms with Crippen molar-refractivity contribution < 1.29 is 9.72 Å². The quantitative estimate of drug-likeness (QED) is 0.468. The molecule has 2 heterocycles.